The van der Waals surface area contributed by atoms with Crippen LogP contribution in [0.15, 0.2) is 22.7 Å². The Morgan fingerprint density at radius 1 is 1.50 bits per heavy atom. The van der Waals surface area contributed by atoms with Gasteiger partial charge in [-0.2, -0.15) is 0 Å². The zero-order valence-electron chi connectivity index (χ0n) is 12.2. The highest BCUT2D eigenvalue weighted by Crippen LogP contribution is 2.27. The molecule has 1 unspecified atom stereocenters. The molecule has 1 aromatic rings. The van der Waals surface area contributed by atoms with Crippen molar-refractivity contribution in [2.75, 3.05) is 26.2 Å². The third-order valence-corrected chi connectivity index (χ3v) is 4.37. The molecule has 1 fully saturated rings. The molecule has 1 amide bonds. The van der Waals surface area contributed by atoms with Crippen LogP contribution < -0.4 is 15.4 Å². The minimum Gasteiger partial charge on any atom is -0.492 e. The maximum atomic E-state index is 11.7. The standard InChI is InChI=1S/C15H20BrClN2O2.ClH/c16-13-9-12(17)1-2-14(13)21-8-5-15(20)19-7-4-11-3-6-18-10-11;/h1-2,9,11,18H,3-8,10H2,(H,19,20);1H. The van der Waals surface area contributed by atoms with Gasteiger partial charge in [0.25, 0.3) is 0 Å². The summed E-state index contributed by atoms with van der Waals surface area (Å²) in [4.78, 5) is 11.7. The van der Waals surface area contributed by atoms with Gasteiger partial charge in [-0.15, -0.1) is 12.4 Å². The van der Waals surface area contributed by atoms with E-state index in [1.54, 1.807) is 18.2 Å². The summed E-state index contributed by atoms with van der Waals surface area (Å²) in [6, 6.07) is 5.32. The van der Waals surface area contributed by atoms with Crippen molar-refractivity contribution in [1.29, 1.82) is 0 Å². The fraction of sp³-hybridized carbons (Fsp3) is 0.533. The van der Waals surface area contributed by atoms with Crippen LogP contribution in [0.1, 0.15) is 19.3 Å². The van der Waals surface area contributed by atoms with Gasteiger partial charge in [0.15, 0.2) is 0 Å². The number of hydrogen-bond donors (Lipinski definition) is 2. The second-order valence-corrected chi connectivity index (χ2v) is 6.46. The molecule has 22 heavy (non-hydrogen) atoms. The van der Waals surface area contributed by atoms with Gasteiger partial charge >= 0.3 is 0 Å². The number of rotatable bonds is 7. The molecular formula is C15H21BrCl2N2O2. The Morgan fingerprint density at radius 3 is 3.00 bits per heavy atom. The molecule has 1 aromatic carbocycles. The van der Waals surface area contributed by atoms with Gasteiger partial charge < -0.3 is 15.4 Å². The molecule has 4 nitrogen and oxygen atoms in total. The highest BCUT2D eigenvalue weighted by atomic mass is 79.9. The first-order chi connectivity index (χ1) is 10.1. The molecule has 0 bridgehead atoms. The smallest absolute Gasteiger partial charge is 0.223 e. The van der Waals surface area contributed by atoms with Crippen molar-refractivity contribution < 1.29 is 9.53 Å². The van der Waals surface area contributed by atoms with Crippen molar-refractivity contribution in [2.24, 2.45) is 5.92 Å². The van der Waals surface area contributed by atoms with Crippen LogP contribution in [0.25, 0.3) is 0 Å². The molecule has 7 heteroatoms. The molecule has 0 aromatic heterocycles. The van der Waals surface area contributed by atoms with E-state index in [-0.39, 0.29) is 18.3 Å². The molecular weight excluding hydrogens is 391 g/mol. The Kier molecular flexibility index (Phi) is 9.17. The predicted molar refractivity (Wildman–Crippen MR) is 95.1 cm³/mol. The number of carbonyl (C=O) groups is 1. The van der Waals surface area contributed by atoms with Crippen LogP contribution in [0.2, 0.25) is 5.02 Å². The number of hydrogen-bond acceptors (Lipinski definition) is 3. The summed E-state index contributed by atoms with van der Waals surface area (Å²) in [7, 11) is 0. The predicted octanol–water partition coefficient (Wildman–Crippen LogP) is 3.41. The van der Waals surface area contributed by atoms with E-state index in [0.717, 1.165) is 30.5 Å². The van der Waals surface area contributed by atoms with E-state index in [0.29, 0.717) is 29.7 Å². The number of amides is 1. The van der Waals surface area contributed by atoms with Crippen LogP contribution in [-0.4, -0.2) is 32.1 Å². The Hall–Kier alpha value is -0.490. The molecule has 0 saturated carbocycles. The molecule has 124 valence electrons. The summed E-state index contributed by atoms with van der Waals surface area (Å²) >= 11 is 9.24. The maximum absolute atomic E-state index is 11.7. The number of ether oxygens (including phenoxy) is 1. The van der Waals surface area contributed by atoms with Crippen LogP contribution in [0, 0.1) is 5.92 Å². The van der Waals surface area contributed by atoms with E-state index in [1.807, 2.05) is 0 Å². The lowest BCUT2D eigenvalue weighted by Crippen LogP contribution is -2.27. The molecule has 2 rings (SSSR count). The van der Waals surface area contributed by atoms with Crippen molar-refractivity contribution in [2.45, 2.75) is 19.3 Å². The highest BCUT2D eigenvalue weighted by Gasteiger charge is 2.14. The van der Waals surface area contributed by atoms with Crippen molar-refractivity contribution in [1.82, 2.24) is 10.6 Å². The largest absolute Gasteiger partial charge is 0.492 e. The number of nitrogens with one attached hydrogen (secondary N) is 2. The third kappa shape index (κ3) is 6.73. The van der Waals surface area contributed by atoms with Crippen LogP contribution in [-0.2, 0) is 4.79 Å². The van der Waals surface area contributed by atoms with Gasteiger partial charge in [-0.1, -0.05) is 11.6 Å². The third-order valence-electron chi connectivity index (χ3n) is 3.52. The molecule has 2 N–H and O–H groups in total. The lowest BCUT2D eigenvalue weighted by molar-refractivity contribution is -0.121. The van der Waals surface area contributed by atoms with Gasteiger partial charge in [-0.05, 0) is 66.0 Å². The Balaban J connectivity index is 0.00000242. The average molecular weight is 412 g/mol. The quantitative estimate of drug-likeness (QED) is 0.722. The molecule has 0 aliphatic carbocycles. The van der Waals surface area contributed by atoms with Crippen molar-refractivity contribution in [3.8, 4) is 5.75 Å². The van der Waals surface area contributed by atoms with Crippen molar-refractivity contribution in [3.05, 3.63) is 27.7 Å². The summed E-state index contributed by atoms with van der Waals surface area (Å²) in [5.74, 6) is 1.43. The Labute approximate surface area is 150 Å². The van der Waals surface area contributed by atoms with Crippen LogP contribution in [0.4, 0.5) is 0 Å². The molecule has 0 spiro atoms. The Bertz CT molecular complexity index is 483. The first kappa shape index (κ1) is 19.6. The summed E-state index contributed by atoms with van der Waals surface area (Å²) in [5.41, 5.74) is 0. The molecule has 1 atom stereocenters. The lowest BCUT2D eigenvalue weighted by Gasteiger charge is -2.10. The van der Waals surface area contributed by atoms with Gasteiger partial charge in [-0.25, -0.2) is 0 Å². The minimum atomic E-state index is 0. The van der Waals surface area contributed by atoms with E-state index in [4.69, 9.17) is 16.3 Å². The second kappa shape index (κ2) is 10.3. The number of halogens is 3. The van der Waals surface area contributed by atoms with Gasteiger partial charge in [0.2, 0.25) is 5.91 Å². The van der Waals surface area contributed by atoms with Crippen molar-refractivity contribution >= 4 is 45.8 Å². The van der Waals surface area contributed by atoms with Gasteiger partial charge in [0, 0.05) is 11.6 Å². The molecule has 1 aliphatic heterocycles. The normalized spacial score (nSPS) is 16.9. The summed E-state index contributed by atoms with van der Waals surface area (Å²) in [6.45, 7) is 3.28. The van der Waals surface area contributed by atoms with Gasteiger partial charge in [0.1, 0.15) is 5.75 Å². The highest BCUT2D eigenvalue weighted by molar-refractivity contribution is 9.10. The average Bonchev–Trinajstić information content (AvgIpc) is 2.94. The van der Waals surface area contributed by atoms with E-state index in [9.17, 15) is 4.79 Å². The van der Waals surface area contributed by atoms with Crippen LogP contribution >= 0.6 is 39.9 Å². The summed E-state index contributed by atoms with van der Waals surface area (Å²) in [5, 5.41) is 6.91. The van der Waals surface area contributed by atoms with Gasteiger partial charge in [-0.3, -0.25) is 4.79 Å². The Morgan fingerprint density at radius 2 is 2.32 bits per heavy atom. The SMILES string of the molecule is Cl.O=C(CCOc1ccc(Cl)cc1Br)NCCC1CCNC1. The zero-order chi connectivity index (χ0) is 15.1. The molecule has 0 radical (unpaired) electrons. The summed E-state index contributed by atoms with van der Waals surface area (Å²) < 4.78 is 6.36. The fourth-order valence-electron chi connectivity index (χ4n) is 2.31. The number of benzene rings is 1. The number of carbonyl (C=O) groups excluding carboxylic acids is 1. The van der Waals surface area contributed by atoms with Crippen molar-refractivity contribution in [3.63, 3.8) is 0 Å². The fourth-order valence-corrected chi connectivity index (χ4v) is 3.11. The lowest BCUT2D eigenvalue weighted by atomic mass is 10.1. The van der Waals surface area contributed by atoms with E-state index < -0.39 is 0 Å². The van der Waals surface area contributed by atoms with Crippen LogP contribution in [0.5, 0.6) is 5.75 Å². The van der Waals surface area contributed by atoms with Gasteiger partial charge in [0.05, 0.1) is 17.5 Å². The summed E-state index contributed by atoms with van der Waals surface area (Å²) in [6.07, 6.45) is 2.61. The monoisotopic (exact) mass is 410 g/mol. The van der Waals surface area contributed by atoms with E-state index >= 15 is 0 Å². The molecule has 1 aliphatic rings. The van der Waals surface area contributed by atoms with E-state index in [1.165, 1.54) is 6.42 Å². The van der Waals surface area contributed by atoms with E-state index in [2.05, 4.69) is 26.6 Å². The topological polar surface area (TPSA) is 50.4 Å². The van der Waals surface area contributed by atoms with Crippen LogP contribution in [0.3, 0.4) is 0 Å². The maximum Gasteiger partial charge on any atom is 0.223 e. The first-order valence-electron chi connectivity index (χ1n) is 7.20. The molecule has 1 heterocycles. The minimum absolute atomic E-state index is 0. The zero-order valence-corrected chi connectivity index (χ0v) is 15.4. The molecule has 1 saturated heterocycles. The first-order valence-corrected chi connectivity index (χ1v) is 8.37. The second-order valence-electron chi connectivity index (χ2n) is 5.17.